The molecule has 1 aromatic carbocycles. The van der Waals surface area contributed by atoms with Crippen molar-refractivity contribution in [3.8, 4) is 11.5 Å². The molecule has 31 heavy (non-hydrogen) atoms. The minimum atomic E-state index is -3.71. The quantitative estimate of drug-likeness (QED) is 0.657. The predicted octanol–water partition coefficient (Wildman–Crippen LogP) is 1.12. The first-order valence-corrected chi connectivity index (χ1v) is 12.1. The van der Waals surface area contributed by atoms with Gasteiger partial charge in [0.05, 0.1) is 16.3 Å². The topological polar surface area (TPSA) is 96.5 Å². The standard InChI is InChI=1S/C20H23N3O6S2/c1-21(20(25)18-3-2-12-30-18)14-19(24)22-6-8-23(9-7-22)31(26,27)15-4-5-16-17(13-15)29-11-10-28-16/h2-5,12-13H,6-11,14H2,1H3. The third-order valence-corrected chi connectivity index (χ3v) is 7.95. The number of sulfonamides is 1. The summed E-state index contributed by atoms with van der Waals surface area (Å²) in [5, 5.41) is 1.81. The van der Waals surface area contributed by atoms with Gasteiger partial charge in [-0.05, 0) is 23.6 Å². The van der Waals surface area contributed by atoms with Crippen LogP contribution >= 0.6 is 11.3 Å². The second-order valence-electron chi connectivity index (χ2n) is 7.23. The van der Waals surface area contributed by atoms with Crippen molar-refractivity contribution in [2.75, 3.05) is 53.0 Å². The molecule has 1 fully saturated rings. The SMILES string of the molecule is CN(CC(=O)N1CCN(S(=O)(=O)c2ccc3c(c2)OCCO3)CC1)C(=O)c1cccs1. The van der Waals surface area contributed by atoms with Gasteiger partial charge in [-0.3, -0.25) is 9.59 Å². The predicted molar refractivity (Wildman–Crippen MR) is 114 cm³/mol. The fourth-order valence-corrected chi connectivity index (χ4v) is 5.63. The summed E-state index contributed by atoms with van der Waals surface area (Å²) in [6.45, 7) is 1.67. The van der Waals surface area contributed by atoms with Crippen LogP contribution in [0.15, 0.2) is 40.6 Å². The van der Waals surface area contributed by atoms with Crippen molar-refractivity contribution < 1.29 is 27.5 Å². The van der Waals surface area contributed by atoms with E-state index in [9.17, 15) is 18.0 Å². The maximum absolute atomic E-state index is 13.0. The van der Waals surface area contributed by atoms with Gasteiger partial charge in [-0.25, -0.2) is 8.42 Å². The third kappa shape index (κ3) is 4.53. The summed E-state index contributed by atoms with van der Waals surface area (Å²) in [5.41, 5.74) is 0. The second kappa shape index (κ2) is 8.85. The number of hydrogen-bond donors (Lipinski definition) is 0. The maximum Gasteiger partial charge on any atom is 0.264 e. The molecular weight excluding hydrogens is 442 g/mol. The van der Waals surface area contributed by atoms with Gasteiger partial charge in [-0.2, -0.15) is 4.31 Å². The van der Waals surface area contributed by atoms with Gasteiger partial charge in [0, 0.05) is 39.3 Å². The van der Waals surface area contributed by atoms with E-state index in [4.69, 9.17) is 9.47 Å². The van der Waals surface area contributed by atoms with Gasteiger partial charge < -0.3 is 19.3 Å². The molecule has 0 atom stereocenters. The Kier molecular flexibility index (Phi) is 6.17. The normalized spacial score (nSPS) is 16.7. The lowest BCUT2D eigenvalue weighted by Gasteiger charge is -2.34. The lowest BCUT2D eigenvalue weighted by Crippen LogP contribution is -2.52. The maximum atomic E-state index is 13.0. The molecule has 0 N–H and O–H groups in total. The molecule has 2 aliphatic rings. The van der Waals surface area contributed by atoms with E-state index in [1.165, 1.54) is 32.7 Å². The highest BCUT2D eigenvalue weighted by atomic mass is 32.2. The number of fused-ring (bicyclic) bond motifs is 1. The van der Waals surface area contributed by atoms with E-state index in [2.05, 4.69) is 0 Å². The lowest BCUT2D eigenvalue weighted by molar-refractivity contribution is -0.132. The Bertz CT molecular complexity index is 1060. The van der Waals surface area contributed by atoms with Crippen molar-refractivity contribution >= 4 is 33.2 Å². The molecule has 3 heterocycles. The van der Waals surface area contributed by atoms with Gasteiger partial charge in [0.1, 0.15) is 13.2 Å². The van der Waals surface area contributed by atoms with Crippen LogP contribution in [-0.2, 0) is 14.8 Å². The van der Waals surface area contributed by atoms with E-state index in [0.29, 0.717) is 29.6 Å². The molecule has 2 aliphatic heterocycles. The molecule has 0 bridgehead atoms. The summed E-state index contributed by atoms with van der Waals surface area (Å²) < 4.78 is 38.3. The van der Waals surface area contributed by atoms with Crippen LogP contribution in [0.25, 0.3) is 0 Å². The highest BCUT2D eigenvalue weighted by Gasteiger charge is 2.31. The molecule has 11 heteroatoms. The number of piperazine rings is 1. The summed E-state index contributed by atoms with van der Waals surface area (Å²) in [6.07, 6.45) is 0. The Morgan fingerprint density at radius 3 is 2.45 bits per heavy atom. The molecule has 0 aliphatic carbocycles. The Hall–Kier alpha value is -2.63. The molecule has 0 saturated carbocycles. The minimum absolute atomic E-state index is 0.0500. The summed E-state index contributed by atoms with van der Waals surface area (Å²) in [4.78, 5) is 28.6. The fraction of sp³-hybridized carbons (Fsp3) is 0.400. The zero-order chi connectivity index (χ0) is 22.0. The van der Waals surface area contributed by atoms with Crippen LogP contribution in [0, 0.1) is 0 Å². The van der Waals surface area contributed by atoms with E-state index in [1.54, 1.807) is 30.1 Å². The van der Waals surface area contributed by atoms with Gasteiger partial charge in [0.2, 0.25) is 15.9 Å². The largest absolute Gasteiger partial charge is 0.486 e. The van der Waals surface area contributed by atoms with Crippen molar-refractivity contribution in [1.29, 1.82) is 0 Å². The Balaban J connectivity index is 1.35. The lowest BCUT2D eigenvalue weighted by atomic mass is 10.3. The molecule has 2 aromatic rings. The molecule has 4 rings (SSSR count). The number of hydrogen-bond acceptors (Lipinski definition) is 7. The number of carbonyl (C=O) groups is 2. The molecule has 2 amide bonds. The van der Waals surface area contributed by atoms with Gasteiger partial charge in [-0.15, -0.1) is 11.3 Å². The van der Waals surface area contributed by atoms with Crippen molar-refractivity contribution in [2.24, 2.45) is 0 Å². The Labute approximate surface area is 184 Å². The number of carbonyl (C=O) groups excluding carboxylic acids is 2. The molecule has 0 unspecified atom stereocenters. The zero-order valence-electron chi connectivity index (χ0n) is 17.0. The smallest absolute Gasteiger partial charge is 0.264 e. The Morgan fingerprint density at radius 2 is 1.77 bits per heavy atom. The minimum Gasteiger partial charge on any atom is -0.486 e. The highest BCUT2D eigenvalue weighted by molar-refractivity contribution is 7.89. The molecular formula is C20H23N3O6S2. The molecule has 0 radical (unpaired) electrons. The fourth-order valence-electron chi connectivity index (χ4n) is 3.47. The van der Waals surface area contributed by atoms with Crippen LogP contribution in [0.2, 0.25) is 0 Å². The average Bonchev–Trinajstić information content (AvgIpc) is 3.33. The van der Waals surface area contributed by atoms with Gasteiger partial charge in [-0.1, -0.05) is 6.07 Å². The van der Waals surface area contributed by atoms with Crippen molar-refractivity contribution in [2.45, 2.75) is 4.90 Å². The molecule has 166 valence electrons. The van der Waals surface area contributed by atoms with E-state index >= 15 is 0 Å². The molecule has 9 nitrogen and oxygen atoms in total. The van der Waals surface area contributed by atoms with Gasteiger partial charge >= 0.3 is 0 Å². The van der Waals surface area contributed by atoms with E-state index in [1.807, 2.05) is 5.38 Å². The first kappa shape index (κ1) is 21.6. The zero-order valence-corrected chi connectivity index (χ0v) is 18.7. The van der Waals surface area contributed by atoms with Gasteiger partial charge in [0.15, 0.2) is 11.5 Å². The number of benzene rings is 1. The number of rotatable bonds is 5. The molecule has 1 saturated heterocycles. The summed E-state index contributed by atoms with van der Waals surface area (Å²) in [5.74, 6) is 0.536. The summed E-state index contributed by atoms with van der Waals surface area (Å²) in [7, 11) is -2.13. The first-order chi connectivity index (χ1) is 14.9. The van der Waals surface area contributed by atoms with E-state index in [-0.39, 0.29) is 49.4 Å². The van der Waals surface area contributed by atoms with Crippen LogP contribution in [0.4, 0.5) is 0 Å². The van der Waals surface area contributed by atoms with Crippen LogP contribution in [0.3, 0.4) is 0 Å². The van der Waals surface area contributed by atoms with Crippen molar-refractivity contribution in [3.05, 3.63) is 40.6 Å². The van der Waals surface area contributed by atoms with Crippen LogP contribution in [-0.4, -0.2) is 87.3 Å². The third-order valence-electron chi connectivity index (χ3n) is 5.19. The second-order valence-corrected chi connectivity index (χ2v) is 10.1. The summed E-state index contributed by atoms with van der Waals surface area (Å²) in [6, 6.07) is 8.09. The monoisotopic (exact) mass is 465 g/mol. The number of ether oxygens (including phenoxy) is 2. The molecule has 0 spiro atoms. The highest BCUT2D eigenvalue weighted by Crippen LogP contribution is 2.33. The summed E-state index contributed by atoms with van der Waals surface area (Å²) >= 11 is 1.33. The van der Waals surface area contributed by atoms with E-state index in [0.717, 1.165) is 0 Å². The number of amides is 2. The number of nitrogens with zero attached hydrogens (tertiary/aromatic N) is 3. The van der Waals surface area contributed by atoms with Crippen LogP contribution in [0.1, 0.15) is 9.67 Å². The number of thiophene rings is 1. The van der Waals surface area contributed by atoms with Gasteiger partial charge in [0.25, 0.3) is 5.91 Å². The van der Waals surface area contributed by atoms with Crippen LogP contribution < -0.4 is 9.47 Å². The van der Waals surface area contributed by atoms with E-state index < -0.39 is 10.0 Å². The van der Waals surface area contributed by atoms with Crippen molar-refractivity contribution in [3.63, 3.8) is 0 Å². The van der Waals surface area contributed by atoms with Crippen LogP contribution in [0.5, 0.6) is 11.5 Å². The number of likely N-dealkylation sites (N-methyl/N-ethyl adjacent to an activating group) is 1. The van der Waals surface area contributed by atoms with Crippen molar-refractivity contribution in [1.82, 2.24) is 14.1 Å². The first-order valence-electron chi connectivity index (χ1n) is 9.83. The average molecular weight is 466 g/mol. The molecule has 1 aromatic heterocycles. The Morgan fingerprint density at radius 1 is 1.06 bits per heavy atom.